The van der Waals surface area contributed by atoms with E-state index in [4.69, 9.17) is 15.2 Å². The molecule has 0 saturated heterocycles. The Morgan fingerprint density at radius 2 is 2.05 bits per heavy atom. The number of methoxy groups -OCH3 is 1. The van der Waals surface area contributed by atoms with Crippen LogP contribution in [0.25, 0.3) is 0 Å². The molecular formula is C17H27NO2. The Morgan fingerprint density at radius 1 is 1.25 bits per heavy atom. The smallest absolute Gasteiger partial charge is 0.123 e. The second kappa shape index (κ2) is 7.53. The maximum absolute atomic E-state index is 6.33. The Balaban J connectivity index is 2.14. The van der Waals surface area contributed by atoms with Crippen LogP contribution in [0.4, 0.5) is 0 Å². The highest BCUT2D eigenvalue weighted by atomic mass is 16.5. The Morgan fingerprint density at radius 3 is 2.75 bits per heavy atom. The van der Waals surface area contributed by atoms with Gasteiger partial charge < -0.3 is 15.2 Å². The van der Waals surface area contributed by atoms with Crippen LogP contribution in [0.2, 0.25) is 0 Å². The van der Waals surface area contributed by atoms with E-state index in [0.29, 0.717) is 18.6 Å². The van der Waals surface area contributed by atoms with E-state index in [-0.39, 0.29) is 0 Å². The molecule has 0 amide bonds. The molecule has 2 rings (SSSR count). The lowest BCUT2D eigenvalue weighted by Crippen LogP contribution is -2.30. The van der Waals surface area contributed by atoms with Crippen molar-refractivity contribution < 1.29 is 9.47 Å². The largest absolute Gasteiger partial charge is 0.497 e. The first-order valence-corrected chi connectivity index (χ1v) is 7.82. The van der Waals surface area contributed by atoms with Crippen LogP contribution in [0.5, 0.6) is 11.5 Å². The van der Waals surface area contributed by atoms with Gasteiger partial charge in [0.05, 0.1) is 7.11 Å². The van der Waals surface area contributed by atoms with Gasteiger partial charge in [0.2, 0.25) is 0 Å². The summed E-state index contributed by atoms with van der Waals surface area (Å²) in [4.78, 5) is 0. The van der Waals surface area contributed by atoms with Gasteiger partial charge in [-0.2, -0.15) is 0 Å². The summed E-state index contributed by atoms with van der Waals surface area (Å²) in [5, 5.41) is 0. The van der Waals surface area contributed by atoms with Crippen LogP contribution >= 0.6 is 0 Å². The third kappa shape index (κ3) is 3.66. The molecule has 1 saturated carbocycles. The van der Waals surface area contributed by atoms with E-state index < -0.39 is 0 Å². The van der Waals surface area contributed by atoms with Gasteiger partial charge >= 0.3 is 0 Å². The Kier molecular flexibility index (Phi) is 5.72. The van der Waals surface area contributed by atoms with E-state index in [1.165, 1.54) is 32.1 Å². The monoisotopic (exact) mass is 277 g/mol. The molecular weight excluding hydrogens is 250 g/mol. The van der Waals surface area contributed by atoms with Crippen molar-refractivity contribution in [2.45, 2.75) is 51.6 Å². The molecule has 2 unspecified atom stereocenters. The Hall–Kier alpha value is -1.22. The number of nitrogens with two attached hydrogens (primary N) is 1. The summed E-state index contributed by atoms with van der Waals surface area (Å²) in [7, 11) is 1.69. The van der Waals surface area contributed by atoms with Gasteiger partial charge in [0.1, 0.15) is 17.6 Å². The Labute approximate surface area is 122 Å². The van der Waals surface area contributed by atoms with Crippen molar-refractivity contribution in [1.82, 2.24) is 0 Å². The molecule has 1 aliphatic carbocycles. The molecule has 0 spiro atoms. The summed E-state index contributed by atoms with van der Waals surface area (Å²) in [5.74, 6) is 2.55. The van der Waals surface area contributed by atoms with Crippen molar-refractivity contribution in [2.75, 3.05) is 13.7 Å². The van der Waals surface area contributed by atoms with E-state index >= 15 is 0 Å². The topological polar surface area (TPSA) is 44.5 Å². The predicted molar refractivity (Wildman–Crippen MR) is 82.4 cm³/mol. The summed E-state index contributed by atoms with van der Waals surface area (Å²) >= 11 is 0. The molecule has 0 aromatic heterocycles. The average Bonchev–Trinajstić information content (AvgIpc) is 2.49. The number of rotatable bonds is 6. The summed E-state index contributed by atoms with van der Waals surface area (Å²) < 4.78 is 11.6. The van der Waals surface area contributed by atoms with Crippen LogP contribution in [-0.2, 0) is 6.42 Å². The molecule has 0 heterocycles. The maximum Gasteiger partial charge on any atom is 0.123 e. The molecule has 3 heteroatoms. The highest BCUT2D eigenvalue weighted by Crippen LogP contribution is 2.33. The van der Waals surface area contributed by atoms with Gasteiger partial charge in [-0.1, -0.05) is 13.3 Å². The molecule has 1 aliphatic rings. The van der Waals surface area contributed by atoms with Gasteiger partial charge in [-0.25, -0.2) is 0 Å². The third-order valence-corrected chi connectivity index (χ3v) is 4.32. The zero-order valence-corrected chi connectivity index (χ0v) is 12.7. The van der Waals surface area contributed by atoms with Crippen molar-refractivity contribution in [1.29, 1.82) is 0 Å². The maximum atomic E-state index is 6.33. The summed E-state index contributed by atoms with van der Waals surface area (Å²) in [6.07, 6.45) is 7.48. The molecule has 1 aromatic carbocycles. The molecule has 2 atom stereocenters. The van der Waals surface area contributed by atoms with Crippen molar-refractivity contribution in [2.24, 2.45) is 11.7 Å². The van der Waals surface area contributed by atoms with Crippen LogP contribution in [0.15, 0.2) is 18.2 Å². The minimum Gasteiger partial charge on any atom is -0.497 e. The second-order valence-electron chi connectivity index (χ2n) is 5.62. The first kappa shape index (κ1) is 15.2. The SMILES string of the molecule is CCC1CCCCC1Oc1ccc(OC)cc1CCN. The van der Waals surface area contributed by atoms with Crippen molar-refractivity contribution in [3.63, 3.8) is 0 Å². The minimum absolute atomic E-state index is 0.360. The lowest BCUT2D eigenvalue weighted by molar-refractivity contribution is 0.0893. The standard InChI is InChI=1S/C17H27NO2/c1-3-13-6-4-5-7-16(13)20-17-9-8-15(19-2)12-14(17)10-11-18/h8-9,12-13,16H,3-7,10-11,18H2,1-2H3. The number of hydrogen-bond donors (Lipinski definition) is 1. The summed E-state index contributed by atoms with van der Waals surface area (Å²) in [6, 6.07) is 6.05. The Bertz CT molecular complexity index is 419. The molecule has 3 nitrogen and oxygen atoms in total. The van der Waals surface area contributed by atoms with E-state index in [0.717, 1.165) is 23.5 Å². The van der Waals surface area contributed by atoms with Crippen molar-refractivity contribution in [3.05, 3.63) is 23.8 Å². The quantitative estimate of drug-likeness (QED) is 0.865. The number of hydrogen-bond acceptors (Lipinski definition) is 3. The fraction of sp³-hybridized carbons (Fsp3) is 0.647. The van der Waals surface area contributed by atoms with Gasteiger partial charge in [0, 0.05) is 0 Å². The molecule has 0 bridgehead atoms. The van der Waals surface area contributed by atoms with Crippen LogP contribution in [0.1, 0.15) is 44.6 Å². The van der Waals surface area contributed by atoms with E-state index in [2.05, 4.69) is 6.92 Å². The summed E-state index contributed by atoms with van der Waals surface area (Å²) in [6.45, 7) is 2.90. The lowest BCUT2D eigenvalue weighted by atomic mass is 9.84. The fourth-order valence-corrected chi connectivity index (χ4v) is 3.11. The van der Waals surface area contributed by atoms with Crippen LogP contribution < -0.4 is 15.2 Å². The van der Waals surface area contributed by atoms with E-state index in [9.17, 15) is 0 Å². The lowest BCUT2D eigenvalue weighted by Gasteiger charge is -2.32. The van der Waals surface area contributed by atoms with Crippen LogP contribution in [-0.4, -0.2) is 19.8 Å². The van der Waals surface area contributed by atoms with Gasteiger partial charge in [-0.05, 0) is 68.3 Å². The molecule has 2 N–H and O–H groups in total. The number of benzene rings is 1. The van der Waals surface area contributed by atoms with E-state index in [1.807, 2.05) is 18.2 Å². The molecule has 1 aromatic rings. The predicted octanol–water partition coefficient (Wildman–Crippen LogP) is 3.54. The first-order valence-electron chi connectivity index (χ1n) is 7.82. The normalized spacial score (nSPS) is 22.6. The second-order valence-corrected chi connectivity index (χ2v) is 5.62. The van der Waals surface area contributed by atoms with Gasteiger partial charge in [-0.3, -0.25) is 0 Å². The molecule has 112 valence electrons. The van der Waals surface area contributed by atoms with E-state index in [1.54, 1.807) is 7.11 Å². The molecule has 1 fully saturated rings. The van der Waals surface area contributed by atoms with Gasteiger partial charge in [0.15, 0.2) is 0 Å². The number of ether oxygens (including phenoxy) is 2. The molecule has 0 aliphatic heterocycles. The summed E-state index contributed by atoms with van der Waals surface area (Å²) in [5.41, 5.74) is 6.87. The zero-order valence-electron chi connectivity index (χ0n) is 12.7. The first-order chi connectivity index (χ1) is 9.78. The highest BCUT2D eigenvalue weighted by molar-refractivity contribution is 5.40. The van der Waals surface area contributed by atoms with Crippen molar-refractivity contribution in [3.8, 4) is 11.5 Å². The zero-order chi connectivity index (χ0) is 14.4. The average molecular weight is 277 g/mol. The minimum atomic E-state index is 0.360. The van der Waals surface area contributed by atoms with Crippen LogP contribution in [0, 0.1) is 5.92 Å². The molecule has 20 heavy (non-hydrogen) atoms. The van der Waals surface area contributed by atoms with Gasteiger partial charge in [0.25, 0.3) is 0 Å². The highest BCUT2D eigenvalue weighted by Gasteiger charge is 2.25. The van der Waals surface area contributed by atoms with Crippen molar-refractivity contribution >= 4 is 0 Å². The van der Waals surface area contributed by atoms with Crippen LogP contribution in [0.3, 0.4) is 0 Å². The van der Waals surface area contributed by atoms with Gasteiger partial charge in [-0.15, -0.1) is 0 Å². The fourth-order valence-electron chi connectivity index (χ4n) is 3.11. The molecule has 0 radical (unpaired) electrons. The third-order valence-electron chi connectivity index (χ3n) is 4.32.